The molecule has 1 aromatic carbocycles. The molecule has 19 heavy (non-hydrogen) atoms. The van der Waals surface area contributed by atoms with Crippen LogP contribution in [0.5, 0.6) is 0 Å². The SMILES string of the molecule is CCNc1cc(Sc2ccccc2[N+](=O)[O-])ccn1. The fraction of sp³-hybridized carbons (Fsp3) is 0.154. The monoisotopic (exact) mass is 275 g/mol. The van der Waals surface area contributed by atoms with Crippen LogP contribution in [0, 0.1) is 10.1 Å². The van der Waals surface area contributed by atoms with E-state index in [4.69, 9.17) is 0 Å². The molecule has 0 aliphatic rings. The second kappa shape index (κ2) is 6.19. The van der Waals surface area contributed by atoms with Crippen LogP contribution in [0.1, 0.15) is 6.92 Å². The Balaban J connectivity index is 2.26. The second-order valence-electron chi connectivity index (χ2n) is 3.73. The zero-order valence-corrected chi connectivity index (χ0v) is 11.2. The van der Waals surface area contributed by atoms with E-state index in [1.165, 1.54) is 17.8 Å². The number of hydrogen-bond donors (Lipinski definition) is 1. The van der Waals surface area contributed by atoms with Crippen molar-refractivity contribution in [1.29, 1.82) is 0 Å². The quantitative estimate of drug-likeness (QED) is 0.667. The van der Waals surface area contributed by atoms with Gasteiger partial charge in [-0.25, -0.2) is 4.98 Å². The van der Waals surface area contributed by atoms with Gasteiger partial charge in [0.05, 0.1) is 9.82 Å². The molecule has 98 valence electrons. The van der Waals surface area contributed by atoms with E-state index in [0.29, 0.717) is 4.90 Å². The van der Waals surface area contributed by atoms with Gasteiger partial charge in [-0.1, -0.05) is 23.9 Å². The highest BCUT2D eigenvalue weighted by Gasteiger charge is 2.13. The molecule has 2 aromatic rings. The summed E-state index contributed by atoms with van der Waals surface area (Å²) >= 11 is 1.36. The molecular weight excluding hydrogens is 262 g/mol. The van der Waals surface area contributed by atoms with Crippen LogP contribution in [0.4, 0.5) is 11.5 Å². The molecule has 2 rings (SSSR count). The zero-order valence-electron chi connectivity index (χ0n) is 10.4. The molecule has 0 atom stereocenters. The molecule has 0 aliphatic carbocycles. The van der Waals surface area contributed by atoms with Crippen molar-refractivity contribution in [2.45, 2.75) is 16.7 Å². The number of nitro groups is 1. The van der Waals surface area contributed by atoms with Gasteiger partial charge in [0.1, 0.15) is 5.82 Å². The van der Waals surface area contributed by atoms with Crippen molar-refractivity contribution in [2.24, 2.45) is 0 Å². The molecule has 0 saturated heterocycles. The van der Waals surface area contributed by atoms with Gasteiger partial charge in [-0.05, 0) is 25.1 Å². The second-order valence-corrected chi connectivity index (χ2v) is 4.85. The highest BCUT2D eigenvalue weighted by Crippen LogP contribution is 2.34. The summed E-state index contributed by atoms with van der Waals surface area (Å²) in [6, 6.07) is 10.4. The fourth-order valence-corrected chi connectivity index (χ4v) is 2.52. The number of hydrogen-bond acceptors (Lipinski definition) is 5. The third kappa shape index (κ3) is 3.45. The van der Waals surface area contributed by atoms with Gasteiger partial charge in [0.2, 0.25) is 0 Å². The van der Waals surface area contributed by atoms with Crippen molar-refractivity contribution in [3.8, 4) is 0 Å². The number of pyridine rings is 1. The predicted molar refractivity (Wildman–Crippen MR) is 75.6 cm³/mol. The first-order valence-corrected chi connectivity index (χ1v) is 6.63. The number of anilines is 1. The summed E-state index contributed by atoms with van der Waals surface area (Å²) < 4.78 is 0. The maximum atomic E-state index is 10.9. The lowest BCUT2D eigenvalue weighted by Crippen LogP contribution is -1.98. The fourth-order valence-electron chi connectivity index (χ4n) is 1.57. The highest BCUT2D eigenvalue weighted by atomic mass is 32.2. The van der Waals surface area contributed by atoms with Crippen molar-refractivity contribution in [2.75, 3.05) is 11.9 Å². The lowest BCUT2D eigenvalue weighted by molar-refractivity contribution is -0.387. The van der Waals surface area contributed by atoms with Crippen LogP contribution in [0.2, 0.25) is 0 Å². The van der Waals surface area contributed by atoms with Gasteiger partial charge in [-0.15, -0.1) is 0 Å². The Hall–Kier alpha value is -2.08. The smallest absolute Gasteiger partial charge is 0.283 e. The van der Waals surface area contributed by atoms with Crippen molar-refractivity contribution in [3.05, 3.63) is 52.7 Å². The first-order valence-electron chi connectivity index (χ1n) is 5.82. The minimum absolute atomic E-state index is 0.120. The van der Waals surface area contributed by atoms with Crippen LogP contribution in [-0.4, -0.2) is 16.5 Å². The van der Waals surface area contributed by atoms with E-state index in [1.54, 1.807) is 24.4 Å². The van der Waals surface area contributed by atoms with Gasteiger partial charge in [0.15, 0.2) is 0 Å². The Morgan fingerprint density at radius 2 is 2.16 bits per heavy atom. The van der Waals surface area contributed by atoms with Crippen LogP contribution in [-0.2, 0) is 0 Å². The predicted octanol–water partition coefficient (Wildman–Crippen LogP) is 3.57. The van der Waals surface area contributed by atoms with Gasteiger partial charge in [-0.2, -0.15) is 0 Å². The molecule has 0 saturated carbocycles. The molecule has 1 N–H and O–H groups in total. The van der Waals surface area contributed by atoms with Crippen LogP contribution in [0.25, 0.3) is 0 Å². The normalized spacial score (nSPS) is 10.2. The lowest BCUT2D eigenvalue weighted by atomic mass is 10.3. The van der Waals surface area contributed by atoms with Gasteiger partial charge in [0, 0.05) is 23.7 Å². The third-order valence-electron chi connectivity index (χ3n) is 2.38. The molecule has 0 unspecified atom stereocenters. The first-order chi connectivity index (χ1) is 9.20. The minimum Gasteiger partial charge on any atom is -0.370 e. The Morgan fingerprint density at radius 3 is 2.89 bits per heavy atom. The summed E-state index contributed by atoms with van der Waals surface area (Å²) in [6.07, 6.45) is 1.69. The molecule has 0 fully saturated rings. The number of nitrogens with zero attached hydrogens (tertiary/aromatic N) is 2. The van der Waals surface area contributed by atoms with E-state index in [2.05, 4.69) is 10.3 Å². The number of rotatable bonds is 5. The number of nitrogens with one attached hydrogen (secondary N) is 1. The van der Waals surface area contributed by atoms with Gasteiger partial charge >= 0.3 is 0 Å². The molecule has 1 aromatic heterocycles. The number of aromatic nitrogens is 1. The summed E-state index contributed by atoms with van der Waals surface area (Å²) in [5, 5.41) is 14.1. The first kappa shape index (κ1) is 13.4. The molecule has 1 heterocycles. The largest absolute Gasteiger partial charge is 0.370 e. The van der Waals surface area contributed by atoms with Gasteiger partial charge in [0.25, 0.3) is 5.69 Å². The molecule has 0 radical (unpaired) electrons. The topological polar surface area (TPSA) is 68.1 Å². The summed E-state index contributed by atoms with van der Waals surface area (Å²) in [6.45, 7) is 2.77. The molecule has 0 amide bonds. The maximum absolute atomic E-state index is 10.9. The van der Waals surface area contributed by atoms with E-state index in [9.17, 15) is 10.1 Å². The lowest BCUT2D eigenvalue weighted by Gasteiger charge is -2.05. The molecule has 6 heteroatoms. The Morgan fingerprint density at radius 1 is 1.37 bits per heavy atom. The molecule has 0 aliphatic heterocycles. The van der Waals surface area contributed by atoms with E-state index in [-0.39, 0.29) is 10.6 Å². The van der Waals surface area contributed by atoms with Crippen LogP contribution < -0.4 is 5.32 Å². The Bertz CT molecular complexity index is 590. The average molecular weight is 275 g/mol. The van der Waals surface area contributed by atoms with Crippen LogP contribution in [0.15, 0.2) is 52.4 Å². The minimum atomic E-state index is -0.366. The van der Waals surface area contributed by atoms with E-state index >= 15 is 0 Å². The van der Waals surface area contributed by atoms with E-state index in [1.807, 2.05) is 19.1 Å². The maximum Gasteiger partial charge on any atom is 0.283 e. The summed E-state index contributed by atoms with van der Waals surface area (Å²) in [4.78, 5) is 16.3. The third-order valence-corrected chi connectivity index (χ3v) is 3.43. The number of para-hydroxylation sites is 1. The van der Waals surface area contributed by atoms with Crippen LogP contribution >= 0.6 is 11.8 Å². The average Bonchev–Trinajstić information content (AvgIpc) is 2.40. The van der Waals surface area contributed by atoms with Gasteiger partial charge in [-0.3, -0.25) is 10.1 Å². The summed E-state index contributed by atoms with van der Waals surface area (Å²) in [5.41, 5.74) is 0.120. The van der Waals surface area contributed by atoms with Crippen molar-refractivity contribution >= 4 is 23.3 Å². The van der Waals surface area contributed by atoms with Crippen molar-refractivity contribution < 1.29 is 4.92 Å². The van der Waals surface area contributed by atoms with E-state index in [0.717, 1.165) is 17.3 Å². The standard InChI is InChI=1S/C13H13N3O2S/c1-2-14-13-9-10(7-8-15-13)19-12-6-4-3-5-11(12)16(17)18/h3-9H,2H2,1H3,(H,14,15). The summed E-state index contributed by atoms with van der Waals surface area (Å²) in [7, 11) is 0. The molecule has 5 nitrogen and oxygen atoms in total. The van der Waals surface area contributed by atoms with Crippen LogP contribution in [0.3, 0.4) is 0 Å². The van der Waals surface area contributed by atoms with Crippen molar-refractivity contribution in [1.82, 2.24) is 4.98 Å². The number of benzene rings is 1. The Labute approximate surface area is 115 Å². The number of nitro benzene ring substituents is 1. The molecular formula is C13H13N3O2S. The zero-order chi connectivity index (χ0) is 13.7. The molecule has 0 bridgehead atoms. The highest BCUT2D eigenvalue weighted by molar-refractivity contribution is 7.99. The van der Waals surface area contributed by atoms with E-state index < -0.39 is 0 Å². The summed E-state index contributed by atoms with van der Waals surface area (Å²) in [5.74, 6) is 0.770. The Kier molecular flexibility index (Phi) is 4.35. The molecule has 0 spiro atoms. The van der Waals surface area contributed by atoms with Crippen molar-refractivity contribution in [3.63, 3.8) is 0 Å². The van der Waals surface area contributed by atoms with Gasteiger partial charge < -0.3 is 5.32 Å².